The van der Waals surface area contributed by atoms with E-state index in [1.165, 1.54) is 0 Å². The molecule has 0 radical (unpaired) electrons. The van der Waals surface area contributed by atoms with E-state index < -0.39 is 22.3 Å². The molecule has 1 amide bonds. The summed E-state index contributed by atoms with van der Waals surface area (Å²) in [6.07, 6.45) is -0.0720. The number of carbonyl (C=O) groups is 1. The quantitative estimate of drug-likeness (QED) is 0.367. The largest absolute Gasteiger partial charge is 0.485 e. The summed E-state index contributed by atoms with van der Waals surface area (Å²) in [6, 6.07) is 1.77. The summed E-state index contributed by atoms with van der Waals surface area (Å²) >= 11 is 2.96. The Balaban J connectivity index is 2.87. The topological polar surface area (TPSA) is 107 Å². The molecule has 98 valence electrons. The number of hydrogen-bond acceptors (Lipinski definition) is 5. The van der Waals surface area contributed by atoms with E-state index in [2.05, 4.69) is 15.9 Å². The Bertz CT molecular complexity index is 483. The van der Waals surface area contributed by atoms with Gasteiger partial charge in [0.05, 0.1) is 28.5 Å². The van der Waals surface area contributed by atoms with Gasteiger partial charge in [-0.05, 0) is 22.0 Å². The fourth-order valence-corrected chi connectivity index (χ4v) is 1.68. The number of amides is 1. The number of rotatable bonds is 5. The molecule has 9 heteroatoms. The molecular formula is C9H9BrFN3O4. The van der Waals surface area contributed by atoms with Crippen molar-refractivity contribution in [2.24, 2.45) is 5.84 Å². The maximum Gasteiger partial charge on any atom is 0.315 e. The van der Waals surface area contributed by atoms with Crippen LogP contribution in [-0.4, -0.2) is 17.4 Å². The highest BCUT2D eigenvalue weighted by molar-refractivity contribution is 9.10. The summed E-state index contributed by atoms with van der Waals surface area (Å²) in [4.78, 5) is 20.8. The van der Waals surface area contributed by atoms with Crippen molar-refractivity contribution in [1.29, 1.82) is 0 Å². The van der Waals surface area contributed by atoms with Gasteiger partial charge < -0.3 is 4.74 Å². The monoisotopic (exact) mass is 321 g/mol. The van der Waals surface area contributed by atoms with Gasteiger partial charge in [-0.3, -0.25) is 20.3 Å². The van der Waals surface area contributed by atoms with Crippen LogP contribution in [0, 0.1) is 15.9 Å². The van der Waals surface area contributed by atoms with Gasteiger partial charge in [-0.15, -0.1) is 0 Å². The second kappa shape index (κ2) is 6.26. The van der Waals surface area contributed by atoms with E-state index in [-0.39, 0.29) is 23.2 Å². The lowest BCUT2D eigenvalue weighted by Gasteiger charge is -2.08. The first-order valence-electron chi connectivity index (χ1n) is 4.71. The number of nitro groups is 1. The lowest BCUT2D eigenvalue weighted by molar-refractivity contribution is -0.386. The van der Waals surface area contributed by atoms with Gasteiger partial charge in [-0.25, -0.2) is 10.2 Å². The summed E-state index contributed by atoms with van der Waals surface area (Å²) in [5.41, 5.74) is 1.37. The average Bonchev–Trinajstić information content (AvgIpc) is 2.30. The van der Waals surface area contributed by atoms with E-state index in [1.54, 1.807) is 0 Å². The Labute approximate surface area is 109 Å². The van der Waals surface area contributed by atoms with Gasteiger partial charge in [0.25, 0.3) is 0 Å². The molecule has 1 aromatic rings. The van der Waals surface area contributed by atoms with Crippen LogP contribution in [0.2, 0.25) is 0 Å². The summed E-state index contributed by atoms with van der Waals surface area (Å²) in [7, 11) is 0. The molecule has 0 saturated carbocycles. The van der Waals surface area contributed by atoms with Crippen molar-refractivity contribution in [1.82, 2.24) is 5.43 Å². The minimum Gasteiger partial charge on any atom is -0.485 e. The van der Waals surface area contributed by atoms with Crippen LogP contribution >= 0.6 is 15.9 Å². The number of carbonyl (C=O) groups excluding carboxylic acids is 1. The zero-order valence-electron chi connectivity index (χ0n) is 8.98. The number of nitrogens with one attached hydrogen (secondary N) is 1. The van der Waals surface area contributed by atoms with Crippen molar-refractivity contribution >= 4 is 27.5 Å². The van der Waals surface area contributed by atoms with Crippen LogP contribution in [0.5, 0.6) is 5.75 Å². The normalized spacial score (nSPS) is 9.94. The zero-order valence-corrected chi connectivity index (χ0v) is 10.6. The van der Waals surface area contributed by atoms with E-state index in [0.29, 0.717) is 0 Å². The molecule has 0 heterocycles. The van der Waals surface area contributed by atoms with Crippen LogP contribution in [0.3, 0.4) is 0 Å². The van der Waals surface area contributed by atoms with Gasteiger partial charge >= 0.3 is 5.69 Å². The smallest absolute Gasteiger partial charge is 0.315 e. The van der Waals surface area contributed by atoms with Crippen molar-refractivity contribution in [3.8, 4) is 5.75 Å². The number of ether oxygens (including phenoxy) is 1. The van der Waals surface area contributed by atoms with E-state index >= 15 is 0 Å². The minimum atomic E-state index is -0.772. The van der Waals surface area contributed by atoms with Crippen LogP contribution < -0.4 is 16.0 Å². The highest BCUT2D eigenvalue weighted by Gasteiger charge is 2.20. The Morgan fingerprint density at radius 2 is 2.28 bits per heavy atom. The van der Waals surface area contributed by atoms with Crippen molar-refractivity contribution in [2.75, 3.05) is 6.61 Å². The first-order valence-corrected chi connectivity index (χ1v) is 5.50. The maximum absolute atomic E-state index is 13.0. The van der Waals surface area contributed by atoms with Gasteiger partial charge in [0.2, 0.25) is 11.7 Å². The van der Waals surface area contributed by atoms with E-state index in [9.17, 15) is 19.3 Å². The second-order valence-electron chi connectivity index (χ2n) is 3.16. The number of hydrogen-bond donors (Lipinski definition) is 2. The molecule has 1 aromatic carbocycles. The number of nitrogens with zero attached hydrogens (tertiary/aromatic N) is 1. The van der Waals surface area contributed by atoms with Crippen LogP contribution in [0.15, 0.2) is 16.6 Å². The Hall–Kier alpha value is -1.74. The third-order valence-electron chi connectivity index (χ3n) is 1.92. The molecule has 0 saturated heterocycles. The number of halogens is 2. The SMILES string of the molecule is NNC(=O)CCOc1c(Br)cc(F)cc1[N+](=O)[O-]. The van der Waals surface area contributed by atoms with Crippen LogP contribution in [0.1, 0.15) is 6.42 Å². The van der Waals surface area contributed by atoms with Gasteiger partial charge in [0.1, 0.15) is 5.82 Å². The highest BCUT2D eigenvalue weighted by atomic mass is 79.9. The van der Waals surface area contributed by atoms with Crippen LogP contribution in [0.25, 0.3) is 0 Å². The Morgan fingerprint density at radius 3 is 2.83 bits per heavy atom. The molecule has 0 unspecified atom stereocenters. The first-order chi connectivity index (χ1) is 8.45. The Kier molecular flexibility index (Phi) is 4.98. The number of nitrogens with two attached hydrogens (primary N) is 1. The molecule has 0 bridgehead atoms. The number of hydrazine groups is 1. The molecule has 18 heavy (non-hydrogen) atoms. The second-order valence-corrected chi connectivity index (χ2v) is 4.01. The fourth-order valence-electron chi connectivity index (χ4n) is 1.14. The number of nitro benzene ring substituents is 1. The first kappa shape index (κ1) is 14.3. The van der Waals surface area contributed by atoms with Gasteiger partial charge in [-0.2, -0.15) is 0 Å². The van der Waals surface area contributed by atoms with Crippen molar-refractivity contribution in [2.45, 2.75) is 6.42 Å². The van der Waals surface area contributed by atoms with E-state index in [4.69, 9.17) is 10.6 Å². The minimum absolute atomic E-state index is 0.0720. The predicted octanol–water partition coefficient (Wildman–Crippen LogP) is 1.26. The molecule has 0 fully saturated rings. The summed E-state index contributed by atoms with van der Waals surface area (Å²) in [5, 5.41) is 10.7. The molecule has 7 nitrogen and oxygen atoms in total. The summed E-state index contributed by atoms with van der Waals surface area (Å²) in [5.74, 6) is 3.48. The van der Waals surface area contributed by atoms with Gasteiger partial charge in [0, 0.05) is 0 Å². The van der Waals surface area contributed by atoms with E-state index in [0.717, 1.165) is 12.1 Å². The standard InChI is InChI=1S/C9H9BrFN3O4/c10-6-3-5(11)4-7(14(16)17)9(6)18-2-1-8(15)13-12/h3-4H,1-2,12H2,(H,13,15). The molecular weight excluding hydrogens is 313 g/mol. The third-order valence-corrected chi connectivity index (χ3v) is 2.51. The van der Waals surface area contributed by atoms with Gasteiger partial charge in [0.15, 0.2) is 0 Å². The third kappa shape index (κ3) is 3.64. The molecule has 0 aromatic heterocycles. The van der Waals surface area contributed by atoms with Crippen molar-refractivity contribution in [3.05, 3.63) is 32.5 Å². The van der Waals surface area contributed by atoms with Gasteiger partial charge in [-0.1, -0.05) is 0 Å². The molecule has 0 aliphatic heterocycles. The average molecular weight is 322 g/mol. The van der Waals surface area contributed by atoms with Crippen molar-refractivity contribution < 1.29 is 18.8 Å². The molecule has 0 aliphatic carbocycles. The lowest BCUT2D eigenvalue weighted by Crippen LogP contribution is -2.31. The number of benzene rings is 1. The maximum atomic E-state index is 13.0. The lowest BCUT2D eigenvalue weighted by atomic mass is 10.3. The summed E-state index contributed by atoms with van der Waals surface area (Å²) in [6.45, 7) is -0.117. The molecule has 3 N–H and O–H groups in total. The highest BCUT2D eigenvalue weighted by Crippen LogP contribution is 2.35. The molecule has 0 atom stereocenters. The molecule has 0 spiro atoms. The zero-order chi connectivity index (χ0) is 13.7. The molecule has 1 rings (SSSR count). The van der Waals surface area contributed by atoms with Crippen molar-refractivity contribution in [3.63, 3.8) is 0 Å². The van der Waals surface area contributed by atoms with Crippen LogP contribution in [0.4, 0.5) is 10.1 Å². The summed E-state index contributed by atoms with van der Waals surface area (Å²) < 4.78 is 18.2. The van der Waals surface area contributed by atoms with Crippen LogP contribution in [-0.2, 0) is 4.79 Å². The fraction of sp³-hybridized carbons (Fsp3) is 0.222. The Morgan fingerprint density at radius 1 is 1.61 bits per heavy atom. The molecule has 0 aliphatic rings. The van der Waals surface area contributed by atoms with E-state index in [1.807, 2.05) is 5.43 Å². The predicted molar refractivity (Wildman–Crippen MR) is 63.2 cm³/mol.